The summed E-state index contributed by atoms with van der Waals surface area (Å²) in [6, 6.07) is 10.8. The van der Waals surface area contributed by atoms with Crippen molar-refractivity contribution >= 4 is 46.3 Å². The van der Waals surface area contributed by atoms with Crippen molar-refractivity contribution in [2.45, 2.75) is 6.04 Å². The Bertz CT molecular complexity index is 822. The predicted molar refractivity (Wildman–Crippen MR) is 92.2 cm³/mol. The minimum absolute atomic E-state index is 0.198. The number of benzene rings is 1. The second-order valence-corrected chi connectivity index (χ2v) is 6.70. The molecule has 1 fully saturated rings. The number of H-pyrrole nitrogens is 1. The summed E-state index contributed by atoms with van der Waals surface area (Å²) in [5.41, 5.74) is 1.24. The Morgan fingerprint density at radius 2 is 2.00 bits per heavy atom. The summed E-state index contributed by atoms with van der Waals surface area (Å²) in [7, 11) is 0. The van der Waals surface area contributed by atoms with Gasteiger partial charge in [0.05, 0.1) is 10.9 Å². The summed E-state index contributed by atoms with van der Waals surface area (Å²) in [6.07, 6.45) is 5.16. The van der Waals surface area contributed by atoms with E-state index in [1.54, 1.807) is 54.9 Å². The van der Waals surface area contributed by atoms with E-state index in [2.05, 4.69) is 4.98 Å². The monoisotopic (exact) mass is 356 g/mol. The van der Waals surface area contributed by atoms with Crippen LogP contribution in [-0.4, -0.2) is 21.1 Å². The first kappa shape index (κ1) is 16.4. The molecule has 1 aliphatic heterocycles. The van der Waals surface area contributed by atoms with Gasteiger partial charge in [-0.15, -0.1) is 0 Å². The molecule has 0 radical (unpaired) electrons. The molecule has 0 saturated carbocycles. The second-order valence-electron chi connectivity index (χ2n) is 5.02. The zero-order valence-corrected chi connectivity index (χ0v) is 14.0. The van der Waals surface area contributed by atoms with Crippen molar-refractivity contribution in [3.05, 3.63) is 70.9 Å². The molecule has 1 unspecified atom stereocenters. The fourth-order valence-electron chi connectivity index (χ4n) is 2.38. The SMILES string of the molecule is O=C([O-])C(c1ccccc1)N1C(=O)C(=Cc2ccc[nH+]c2)SC1=S. The first-order valence-corrected chi connectivity index (χ1v) is 8.29. The predicted octanol–water partition coefficient (Wildman–Crippen LogP) is 1.19. The highest BCUT2D eigenvalue weighted by atomic mass is 32.2. The number of hydrogen-bond donors (Lipinski definition) is 0. The van der Waals surface area contributed by atoms with Gasteiger partial charge >= 0.3 is 0 Å². The molecule has 1 aromatic carbocycles. The van der Waals surface area contributed by atoms with Gasteiger partial charge in [-0.3, -0.25) is 9.69 Å². The van der Waals surface area contributed by atoms with Crippen molar-refractivity contribution in [2.75, 3.05) is 0 Å². The van der Waals surface area contributed by atoms with Crippen molar-refractivity contribution in [1.29, 1.82) is 0 Å². The Morgan fingerprint density at radius 1 is 1.25 bits per heavy atom. The molecule has 1 aromatic heterocycles. The van der Waals surface area contributed by atoms with Crippen LogP contribution in [0.3, 0.4) is 0 Å². The molecule has 1 N–H and O–H groups in total. The number of aromatic amines is 1. The average Bonchev–Trinajstić information content (AvgIpc) is 2.85. The lowest BCUT2D eigenvalue weighted by Crippen LogP contribution is -2.43. The van der Waals surface area contributed by atoms with Crippen LogP contribution in [0.1, 0.15) is 17.2 Å². The highest BCUT2D eigenvalue weighted by Gasteiger charge is 2.38. The molecule has 7 heteroatoms. The van der Waals surface area contributed by atoms with Crippen LogP contribution in [0.15, 0.2) is 59.8 Å². The molecule has 5 nitrogen and oxygen atoms in total. The van der Waals surface area contributed by atoms with E-state index in [4.69, 9.17) is 12.2 Å². The van der Waals surface area contributed by atoms with E-state index in [1.165, 1.54) is 0 Å². The minimum Gasteiger partial charge on any atom is -0.547 e. The molecular formula is C17H12N2O3S2. The average molecular weight is 356 g/mol. The van der Waals surface area contributed by atoms with Gasteiger partial charge in [0.2, 0.25) is 0 Å². The minimum atomic E-state index is -1.37. The van der Waals surface area contributed by atoms with Crippen LogP contribution in [-0.2, 0) is 9.59 Å². The number of carbonyl (C=O) groups excluding carboxylic acids is 2. The normalized spacial score (nSPS) is 17.3. The number of amides is 1. The van der Waals surface area contributed by atoms with Crippen LogP contribution in [0.5, 0.6) is 0 Å². The van der Waals surface area contributed by atoms with Crippen LogP contribution < -0.4 is 10.1 Å². The highest BCUT2D eigenvalue weighted by molar-refractivity contribution is 8.26. The zero-order chi connectivity index (χ0) is 17.1. The molecule has 2 aromatic rings. The van der Waals surface area contributed by atoms with Crippen LogP contribution in [0.4, 0.5) is 0 Å². The number of carbonyl (C=O) groups is 2. The van der Waals surface area contributed by atoms with E-state index in [9.17, 15) is 14.7 Å². The lowest BCUT2D eigenvalue weighted by molar-refractivity contribution is -0.378. The summed E-state index contributed by atoms with van der Waals surface area (Å²) in [5.74, 6) is -1.81. The number of hydrogen-bond acceptors (Lipinski definition) is 5. The first-order chi connectivity index (χ1) is 11.6. The third-order valence-corrected chi connectivity index (χ3v) is 4.78. The highest BCUT2D eigenvalue weighted by Crippen LogP contribution is 2.37. The van der Waals surface area contributed by atoms with E-state index in [0.717, 1.165) is 22.2 Å². The number of nitrogens with one attached hydrogen (secondary N) is 1. The molecule has 0 spiro atoms. The summed E-state index contributed by atoms with van der Waals surface area (Å²) in [5, 5.41) is 11.6. The van der Waals surface area contributed by atoms with Crippen molar-refractivity contribution in [1.82, 2.24) is 4.90 Å². The maximum Gasteiger partial charge on any atom is 0.267 e. The number of nitrogens with zero attached hydrogens (tertiary/aromatic N) is 1. The number of thioether (sulfide) groups is 1. The van der Waals surface area contributed by atoms with Gasteiger partial charge in [0.15, 0.2) is 12.4 Å². The maximum atomic E-state index is 12.7. The molecule has 3 rings (SSSR count). The maximum absolute atomic E-state index is 12.7. The van der Waals surface area contributed by atoms with Crippen LogP contribution >= 0.6 is 24.0 Å². The fourth-order valence-corrected chi connectivity index (χ4v) is 3.69. The molecule has 120 valence electrons. The van der Waals surface area contributed by atoms with Crippen molar-refractivity contribution in [2.24, 2.45) is 0 Å². The molecule has 0 bridgehead atoms. The van der Waals surface area contributed by atoms with Gasteiger partial charge in [-0.1, -0.05) is 54.3 Å². The molecule has 0 aliphatic carbocycles. The Morgan fingerprint density at radius 3 is 2.62 bits per heavy atom. The van der Waals surface area contributed by atoms with Crippen LogP contribution in [0.2, 0.25) is 0 Å². The Hall–Kier alpha value is -2.51. The number of carboxylic acid groups (broad SMARTS) is 1. The van der Waals surface area contributed by atoms with Gasteiger partial charge in [0, 0.05) is 11.6 Å². The van der Waals surface area contributed by atoms with E-state index < -0.39 is 17.9 Å². The molecule has 1 saturated heterocycles. The van der Waals surface area contributed by atoms with E-state index in [0.29, 0.717) is 10.5 Å². The fraction of sp³-hybridized carbons (Fsp3) is 0.0588. The topological polar surface area (TPSA) is 74.6 Å². The lowest BCUT2D eigenvalue weighted by atomic mass is 10.1. The van der Waals surface area contributed by atoms with E-state index in [-0.39, 0.29) is 4.32 Å². The van der Waals surface area contributed by atoms with Gasteiger partial charge in [0.25, 0.3) is 5.91 Å². The molecule has 1 aliphatic rings. The Kier molecular flexibility index (Phi) is 4.73. The van der Waals surface area contributed by atoms with Gasteiger partial charge < -0.3 is 9.90 Å². The van der Waals surface area contributed by atoms with Crippen molar-refractivity contribution in [3.8, 4) is 0 Å². The zero-order valence-electron chi connectivity index (χ0n) is 12.3. The number of pyridine rings is 1. The van der Waals surface area contributed by atoms with Crippen LogP contribution in [0.25, 0.3) is 6.08 Å². The molecule has 1 amide bonds. The Balaban J connectivity index is 1.96. The van der Waals surface area contributed by atoms with Gasteiger partial charge in [0.1, 0.15) is 10.4 Å². The molecule has 24 heavy (non-hydrogen) atoms. The van der Waals surface area contributed by atoms with Gasteiger partial charge in [-0.05, 0) is 17.7 Å². The number of rotatable bonds is 4. The summed E-state index contributed by atoms with van der Waals surface area (Å²) < 4.78 is 0.198. The third kappa shape index (κ3) is 3.22. The smallest absolute Gasteiger partial charge is 0.267 e. The van der Waals surface area contributed by atoms with Crippen molar-refractivity contribution in [3.63, 3.8) is 0 Å². The van der Waals surface area contributed by atoms with Gasteiger partial charge in [-0.25, -0.2) is 4.98 Å². The standard InChI is InChI=1S/C17H12N2O3S2/c20-15-13(9-11-5-4-8-18-10-11)24-17(23)19(15)14(16(21)22)12-6-2-1-3-7-12/h1-10,14H,(H,21,22). The quantitative estimate of drug-likeness (QED) is 0.608. The number of aromatic nitrogens is 1. The Labute approximate surface area is 148 Å². The number of aliphatic carboxylic acids is 1. The lowest BCUT2D eigenvalue weighted by Gasteiger charge is -2.27. The number of carboxylic acids is 1. The second kappa shape index (κ2) is 6.94. The first-order valence-electron chi connectivity index (χ1n) is 7.07. The van der Waals surface area contributed by atoms with Crippen LogP contribution in [0, 0.1) is 0 Å². The van der Waals surface area contributed by atoms with Crippen molar-refractivity contribution < 1.29 is 19.7 Å². The molecule has 2 heterocycles. The summed E-state index contributed by atoms with van der Waals surface area (Å²) >= 11 is 6.32. The van der Waals surface area contributed by atoms with E-state index in [1.807, 2.05) is 6.07 Å². The molecular weight excluding hydrogens is 344 g/mol. The molecule has 1 atom stereocenters. The summed E-state index contributed by atoms with van der Waals surface area (Å²) in [4.78, 5) is 28.7. The summed E-state index contributed by atoms with van der Waals surface area (Å²) in [6.45, 7) is 0. The number of thiocarbonyl (C=S) groups is 1. The van der Waals surface area contributed by atoms with E-state index >= 15 is 0 Å². The third-order valence-electron chi connectivity index (χ3n) is 3.45. The van der Waals surface area contributed by atoms with Gasteiger partial charge in [-0.2, -0.15) is 0 Å². The largest absolute Gasteiger partial charge is 0.547 e.